The summed E-state index contributed by atoms with van der Waals surface area (Å²) in [6.07, 6.45) is 0. The number of rotatable bonds is 7. The minimum Gasteiger partial charge on any atom is -0.368 e. The minimum atomic E-state index is -3.83. The lowest BCUT2D eigenvalue weighted by atomic mass is 10.1. The second kappa shape index (κ2) is 11.1. The third kappa shape index (κ3) is 5.58. The highest BCUT2D eigenvalue weighted by Gasteiger charge is 2.27. The van der Waals surface area contributed by atoms with Crippen molar-refractivity contribution in [2.24, 2.45) is 0 Å². The van der Waals surface area contributed by atoms with Gasteiger partial charge < -0.3 is 9.80 Å². The first-order valence-corrected chi connectivity index (χ1v) is 14.2. The molecule has 1 saturated heterocycles. The average molecular weight is 526 g/mol. The molecule has 6 nitrogen and oxygen atoms in total. The molecule has 1 aliphatic rings. The summed E-state index contributed by atoms with van der Waals surface area (Å²) in [5, 5.41) is 0. The number of amides is 1. The van der Waals surface area contributed by atoms with Crippen LogP contribution in [0.1, 0.15) is 21.5 Å². The molecule has 1 fully saturated rings. The summed E-state index contributed by atoms with van der Waals surface area (Å²) >= 11 is 0. The number of carbonyl (C=O) groups excluding carboxylic acids is 1. The zero-order chi connectivity index (χ0) is 26.5. The Bertz CT molecular complexity index is 1480. The van der Waals surface area contributed by atoms with Crippen LogP contribution in [0.3, 0.4) is 0 Å². The number of nitrogens with zero attached hydrogens (tertiary/aromatic N) is 3. The lowest BCUT2D eigenvalue weighted by Gasteiger charge is -2.36. The Hall–Kier alpha value is -4.10. The Balaban J connectivity index is 1.36. The second-order valence-electron chi connectivity index (χ2n) is 9.48. The first-order chi connectivity index (χ1) is 18.4. The summed E-state index contributed by atoms with van der Waals surface area (Å²) in [7, 11) is -3.83. The van der Waals surface area contributed by atoms with Gasteiger partial charge in [-0.1, -0.05) is 60.7 Å². The Kier molecular flexibility index (Phi) is 7.47. The maximum absolute atomic E-state index is 13.7. The molecule has 0 aliphatic carbocycles. The van der Waals surface area contributed by atoms with Gasteiger partial charge in [-0.05, 0) is 66.6 Å². The highest BCUT2D eigenvalue weighted by atomic mass is 32.2. The minimum absolute atomic E-state index is 0.0413. The number of piperazine rings is 1. The van der Waals surface area contributed by atoms with Crippen LogP contribution in [-0.2, 0) is 16.6 Å². The van der Waals surface area contributed by atoms with E-state index in [9.17, 15) is 13.2 Å². The quantitative estimate of drug-likeness (QED) is 0.326. The standard InChI is InChI=1S/C31H31N3O3S/c1-25-9-8-14-30(23-25)38(36,37)34(24-26-10-4-2-5-11-26)29-17-15-27(16-18-29)31(35)33-21-19-32(20-22-33)28-12-6-3-7-13-28/h2-18,23H,19-22,24H2,1H3. The maximum atomic E-state index is 13.7. The first-order valence-electron chi connectivity index (χ1n) is 12.7. The molecular weight excluding hydrogens is 494 g/mol. The predicted molar refractivity (Wildman–Crippen MR) is 152 cm³/mol. The molecule has 7 heteroatoms. The molecule has 4 aromatic rings. The zero-order valence-corrected chi connectivity index (χ0v) is 22.2. The van der Waals surface area contributed by atoms with Crippen molar-refractivity contribution in [3.05, 3.63) is 126 Å². The highest BCUT2D eigenvalue weighted by molar-refractivity contribution is 7.92. The maximum Gasteiger partial charge on any atom is 0.264 e. The number of hydrogen-bond donors (Lipinski definition) is 0. The van der Waals surface area contributed by atoms with Crippen molar-refractivity contribution in [3.63, 3.8) is 0 Å². The fourth-order valence-corrected chi connectivity index (χ4v) is 6.28. The lowest BCUT2D eigenvalue weighted by Crippen LogP contribution is -2.48. The van der Waals surface area contributed by atoms with Gasteiger partial charge in [0.05, 0.1) is 17.1 Å². The topological polar surface area (TPSA) is 60.9 Å². The van der Waals surface area contributed by atoms with Crippen LogP contribution in [0.2, 0.25) is 0 Å². The number of sulfonamides is 1. The van der Waals surface area contributed by atoms with Crippen molar-refractivity contribution >= 4 is 27.3 Å². The summed E-state index contributed by atoms with van der Waals surface area (Å²) in [6.45, 7) is 4.88. The number of aryl methyl sites for hydroxylation is 1. The van der Waals surface area contributed by atoms with Gasteiger partial charge >= 0.3 is 0 Å². The van der Waals surface area contributed by atoms with Crippen molar-refractivity contribution < 1.29 is 13.2 Å². The number of benzene rings is 4. The second-order valence-corrected chi connectivity index (χ2v) is 11.3. The molecule has 0 bridgehead atoms. The Morgan fingerprint density at radius 2 is 1.39 bits per heavy atom. The molecule has 0 saturated carbocycles. The summed E-state index contributed by atoms with van der Waals surface area (Å²) in [4.78, 5) is 17.6. The number of anilines is 2. The van der Waals surface area contributed by atoms with E-state index in [0.717, 1.165) is 29.9 Å². The molecule has 0 unspecified atom stereocenters. The van der Waals surface area contributed by atoms with Crippen LogP contribution in [0.4, 0.5) is 11.4 Å². The van der Waals surface area contributed by atoms with Crippen molar-refractivity contribution in [1.29, 1.82) is 0 Å². The Morgan fingerprint density at radius 1 is 0.763 bits per heavy atom. The summed E-state index contributed by atoms with van der Waals surface area (Å²) in [5.41, 5.74) is 3.98. The van der Waals surface area contributed by atoms with Crippen molar-refractivity contribution in [2.75, 3.05) is 35.4 Å². The van der Waals surface area contributed by atoms with E-state index in [2.05, 4.69) is 17.0 Å². The van der Waals surface area contributed by atoms with Gasteiger partial charge in [0.1, 0.15) is 0 Å². The number of para-hydroxylation sites is 1. The molecule has 1 amide bonds. The predicted octanol–water partition coefficient (Wildman–Crippen LogP) is 5.35. The molecule has 0 atom stereocenters. The van der Waals surface area contributed by atoms with Crippen molar-refractivity contribution in [3.8, 4) is 0 Å². The van der Waals surface area contributed by atoms with Crippen LogP contribution in [0.5, 0.6) is 0 Å². The van der Waals surface area contributed by atoms with E-state index in [1.165, 1.54) is 4.31 Å². The first kappa shape index (κ1) is 25.5. The number of carbonyl (C=O) groups is 1. The van der Waals surface area contributed by atoms with Gasteiger partial charge in [0.2, 0.25) is 0 Å². The average Bonchev–Trinajstić information content (AvgIpc) is 2.97. The SMILES string of the molecule is Cc1cccc(S(=O)(=O)N(Cc2ccccc2)c2ccc(C(=O)N3CCN(c4ccccc4)CC3)cc2)c1. The van der Waals surface area contributed by atoms with Crippen molar-refractivity contribution in [2.45, 2.75) is 18.4 Å². The smallest absolute Gasteiger partial charge is 0.264 e. The van der Waals surface area contributed by atoms with Crippen LogP contribution in [-0.4, -0.2) is 45.4 Å². The van der Waals surface area contributed by atoms with Crippen LogP contribution < -0.4 is 9.21 Å². The van der Waals surface area contributed by atoms with Gasteiger partial charge in [-0.15, -0.1) is 0 Å². The third-order valence-electron chi connectivity index (χ3n) is 6.84. The summed E-state index contributed by atoms with van der Waals surface area (Å²) in [6, 6.07) is 33.6. The van der Waals surface area contributed by atoms with E-state index in [-0.39, 0.29) is 17.3 Å². The van der Waals surface area contributed by atoms with E-state index in [0.29, 0.717) is 24.3 Å². The van der Waals surface area contributed by atoms with Crippen LogP contribution in [0, 0.1) is 6.92 Å². The van der Waals surface area contributed by atoms with Gasteiger partial charge in [-0.25, -0.2) is 8.42 Å². The fraction of sp³-hybridized carbons (Fsp3) is 0.194. The summed E-state index contributed by atoms with van der Waals surface area (Å²) in [5.74, 6) is -0.0413. The van der Waals surface area contributed by atoms with E-state index in [1.54, 1.807) is 42.5 Å². The van der Waals surface area contributed by atoms with E-state index in [4.69, 9.17) is 0 Å². The Morgan fingerprint density at radius 3 is 2.03 bits per heavy atom. The number of hydrogen-bond acceptors (Lipinski definition) is 4. The van der Waals surface area contributed by atoms with E-state index >= 15 is 0 Å². The Labute approximate surface area is 224 Å². The molecule has 0 radical (unpaired) electrons. The molecule has 0 aromatic heterocycles. The van der Waals surface area contributed by atoms with Crippen LogP contribution in [0.25, 0.3) is 0 Å². The molecule has 1 aliphatic heterocycles. The molecule has 194 valence electrons. The van der Waals surface area contributed by atoms with Gasteiger partial charge in [0, 0.05) is 37.4 Å². The molecular formula is C31H31N3O3S. The van der Waals surface area contributed by atoms with Gasteiger partial charge in [-0.2, -0.15) is 0 Å². The van der Waals surface area contributed by atoms with Gasteiger partial charge in [-0.3, -0.25) is 9.10 Å². The zero-order valence-electron chi connectivity index (χ0n) is 21.4. The normalized spacial score (nSPS) is 13.8. The van der Waals surface area contributed by atoms with Crippen LogP contribution in [0.15, 0.2) is 114 Å². The molecule has 0 N–H and O–H groups in total. The molecule has 1 heterocycles. The third-order valence-corrected chi connectivity index (χ3v) is 8.61. The monoisotopic (exact) mass is 525 g/mol. The lowest BCUT2D eigenvalue weighted by molar-refractivity contribution is 0.0747. The summed E-state index contributed by atoms with van der Waals surface area (Å²) < 4.78 is 28.9. The largest absolute Gasteiger partial charge is 0.368 e. The van der Waals surface area contributed by atoms with E-state index < -0.39 is 10.0 Å². The fourth-order valence-electron chi connectivity index (χ4n) is 4.73. The van der Waals surface area contributed by atoms with Crippen LogP contribution >= 0.6 is 0 Å². The molecule has 0 spiro atoms. The van der Waals surface area contributed by atoms with Gasteiger partial charge in [0.25, 0.3) is 15.9 Å². The molecule has 38 heavy (non-hydrogen) atoms. The molecule has 4 aromatic carbocycles. The highest BCUT2D eigenvalue weighted by Crippen LogP contribution is 2.27. The van der Waals surface area contributed by atoms with Crippen molar-refractivity contribution in [1.82, 2.24) is 4.90 Å². The molecule has 5 rings (SSSR count). The van der Waals surface area contributed by atoms with Gasteiger partial charge in [0.15, 0.2) is 0 Å². The van der Waals surface area contributed by atoms with E-state index in [1.807, 2.05) is 66.4 Å².